The summed E-state index contributed by atoms with van der Waals surface area (Å²) in [6.07, 6.45) is -7.53. The van der Waals surface area contributed by atoms with Crippen molar-refractivity contribution in [1.29, 1.82) is 0 Å². The Morgan fingerprint density at radius 2 is 1.77 bits per heavy atom. The summed E-state index contributed by atoms with van der Waals surface area (Å²) < 4.78 is 73.7. The van der Waals surface area contributed by atoms with Gasteiger partial charge in [-0.1, -0.05) is 6.08 Å². The molecule has 24 nitrogen and oxygen atoms in total. The maximum absolute atomic E-state index is 13.2. The molecule has 0 bridgehead atoms. The lowest BCUT2D eigenvalue weighted by Crippen LogP contribution is -2.40. The van der Waals surface area contributed by atoms with Crippen LogP contribution in [0.4, 0.5) is 5.82 Å². The van der Waals surface area contributed by atoms with E-state index in [1.165, 1.54) is 23.4 Å². The van der Waals surface area contributed by atoms with Crippen molar-refractivity contribution in [2.24, 2.45) is 5.73 Å². The molecule has 10 N–H and O–H groups in total. The van der Waals surface area contributed by atoms with Crippen molar-refractivity contribution in [3.8, 4) is 0 Å². The summed E-state index contributed by atoms with van der Waals surface area (Å²) in [4.78, 5) is 53.7. The van der Waals surface area contributed by atoms with Crippen LogP contribution in [0.15, 0.2) is 36.7 Å². The van der Waals surface area contributed by atoms with Crippen LogP contribution in [0.3, 0.4) is 0 Å². The minimum Gasteiger partial charge on any atom is -0.387 e. The smallest absolute Gasteiger partial charge is 0.387 e. The summed E-state index contributed by atoms with van der Waals surface area (Å²) in [6.45, 7) is -1.04. The van der Waals surface area contributed by atoms with Gasteiger partial charge < -0.3 is 55.8 Å². The van der Waals surface area contributed by atoms with Crippen LogP contribution < -0.4 is 11.5 Å². The fourth-order valence-electron chi connectivity index (χ4n) is 4.81. The van der Waals surface area contributed by atoms with Crippen LogP contribution in [0.2, 0.25) is 0 Å². The highest BCUT2D eigenvalue weighted by Gasteiger charge is 2.52. The number of aliphatic hydroxyl groups is 3. The molecule has 0 aromatic carbocycles. The van der Waals surface area contributed by atoms with E-state index in [4.69, 9.17) is 34.5 Å². The zero-order valence-corrected chi connectivity index (χ0v) is 27.0. The van der Waals surface area contributed by atoms with Crippen molar-refractivity contribution in [3.63, 3.8) is 0 Å². The van der Waals surface area contributed by atoms with Gasteiger partial charge in [0.15, 0.2) is 30.2 Å². The average Bonchev–Trinajstić information content (AvgIpc) is 3.66. The Hall–Kier alpha value is -2.73. The highest BCUT2D eigenvalue weighted by Crippen LogP contribution is 2.64. The molecule has 2 saturated heterocycles. The number of amides is 1. The van der Waals surface area contributed by atoms with E-state index in [2.05, 4.69) is 23.8 Å². The predicted octanol–water partition coefficient (Wildman–Crippen LogP) is -1.96. The minimum absolute atomic E-state index is 0.0132. The number of aromatic nitrogens is 4. The number of fused-ring (bicyclic) bond motifs is 1. The second-order valence-electron chi connectivity index (χ2n) is 10.2. The van der Waals surface area contributed by atoms with E-state index in [0.717, 1.165) is 24.3 Å². The Labute approximate surface area is 268 Å². The Morgan fingerprint density at radius 3 is 2.44 bits per heavy atom. The quantitative estimate of drug-likeness (QED) is 0.103. The molecule has 0 spiro atoms. The molecule has 0 saturated carbocycles. The molecule has 2 aromatic rings. The van der Waals surface area contributed by atoms with Crippen LogP contribution in [0.25, 0.3) is 11.2 Å². The molecular formula is C21H30N7O17P3. The molecule has 0 radical (unpaired) electrons. The first-order valence-electron chi connectivity index (χ1n) is 13.4. The fraction of sp³-hybridized carbons (Fsp3) is 0.524. The molecule has 1 amide bonds. The van der Waals surface area contributed by atoms with E-state index < -0.39 is 85.2 Å². The van der Waals surface area contributed by atoms with Crippen molar-refractivity contribution in [1.82, 2.24) is 24.4 Å². The van der Waals surface area contributed by atoms with Crippen LogP contribution >= 0.6 is 23.5 Å². The van der Waals surface area contributed by atoms with E-state index in [-0.39, 0.29) is 29.0 Å². The van der Waals surface area contributed by atoms with Gasteiger partial charge in [-0.2, -0.15) is 4.31 Å². The first-order chi connectivity index (χ1) is 22.4. The van der Waals surface area contributed by atoms with E-state index in [1.807, 2.05) is 0 Å². The summed E-state index contributed by atoms with van der Waals surface area (Å²) in [5, 5.41) is 31.8. The van der Waals surface area contributed by atoms with Crippen LogP contribution in [-0.4, -0.2) is 117 Å². The number of imidazole rings is 1. The summed E-state index contributed by atoms with van der Waals surface area (Å²) in [6, 6.07) is 0. The summed E-state index contributed by atoms with van der Waals surface area (Å²) in [5.41, 5.74) is 11.3. The molecule has 0 aliphatic carbocycles. The topological polar surface area (TPSA) is 353 Å². The monoisotopic (exact) mass is 745 g/mol. The molecule has 2 aromatic heterocycles. The predicted molar refractivity (Wildman–Crippen MR) is 153 cm³/mol. The number of carbonyl (C=O) groups excluding carboxylic acids is 1. The molecule has 27 heteroatoms. The maximum atomic E-state index is 13.2. The summed E-state index contributed by atoms with van der Waals surface area (Å²) in [5.74, 6) is -0.808. The second kappa shape index (κ2) is 13.9. The van der Waals surface area contributed by atoms with Crippen LogP contribution in [0.1, 0.15) is 12.6 Å². The van der Waals surface area contributed by atoms with Crippen molar-refractivity contribution in [3.05, 3.63) is 36.7 Å². The average molecular weight is 745 g/mol. The SMILES string of the molecule is COP(=O)(O[C@H]1O[C@@H](N2C=CCC(C(N)=O)=C2)[C@H](O)[C@H]1O)OP(=O)(O)OC[C@H]1O[C@@H](n2cnc3c(N)ncnc32)[C@H](OP(=O)(O)O)[C@@H]1O. The fourth-order valence-corrected chi connectivity index (χ4v) is 7.83. The van der Waals surface area contributed by atoms with Gasteiger partial charge in [0.2, 0.25) is 5.91 Å². The molecular weight excluding hydrogens is 715 g/mol. The largest absolute Gasteiger partial charge is 0.485 e. The van der Waals surface area contributed by atoms with Crippen LogP contribution in [0.5, 0.6) is 0 Å². The number of ether oxygens (including phenoxy) is 2. The molecule has 266 valence electrons. The van der Waals surface area contributed by atoms with Crippen molar-refractivity contribution in [2.75, 3.05) is 19.5 Å². The number of nitrogens with two attached hydrogens (primary N) is 2. The highest BCUT2D eigenvalue weighted by molar-refractivity contribution is 7.61. The van der Waals surface area contributed by atoms with Gasteiger partial charge in [-0.05, 0) is 6.42 Å². The molecule has 10 atom stereocenters. The number of rotatable bonds is 13. The standard InChI is InChI=1S/C21H30N7O17P3/c1-39-48(38,44-21-14(31)13(30)19(42-21)27-4-2-3-9(5-27)17(23)32)45-47(36,37)40-6-10-12(29)15(43-46(33,34)35)20(41-10)28-8-26-11-16(22)24-7-25-18(11)28/h2,4-5,7-8,10,12-15,19-21,29-31H,3,6H2,1H3,(H2,23,32)(H,36,37)(H2,22,24,25)(H2,33,34,35)/t10-,12-,13-,14-,15-,19-,20-,21-,48?/m1/s1. The van der Waals surface area contributed by atoms with Gasteiger partial charge in [0, 0.05) is 25.1 Å². The van der Waals surface area contributed by atoms with Crippen molar-refractivity contribution in [2.45, 2.75) is 55.7 Å². The summed E-state index contributed by atoms with van der Waals surface area (Å²) in [7, 11) is -15.2. The lowest BCUT2D eigenvalue weighted by Gasteiger charge is -2.28. The molecule has 5 heterocycles. The highest BCUT2D eigenvalue weighted by atomic mass is 31.3. The minimum atomic E-state index is -5.49. The number of carbonyl (C=O) groups is 1. The van der Waals surface area contributed by atoms with Crippen molar-refractivity contribution >= 4 is 46.4 Å². The van der Waals surface area contributed by atoms with E-state index in [9.17, 15) is 48.5 Å². The molecule has 3 aliphatic rings. The maximum Gasteiger partial charge on any atom is 0.485 e. The van der Waals surface area contributed by atoms with Gasteiger partial charge in [-0.25, -0.2) is 28.6 Å². The zero-order valence-electron chi connectivity index (χ0n) is 24.3. The first kappa shape index (κ1) is 36.5. The molecule has 3 aliphatic heterocycles. The number of phosphoric acid groups is 3. The zero-order chi connectivity index (χ0) is 35.2. The Morgan fingerprint density at radius 1 is 1.04 bits per heavy atom. The summed E-state index contributed by atoms with van der Waals surface area (Å²) >= 11 is 0. The Balaban J connectivity index is 1.26. The molecule has 2 fully saturated rings. The van der Waals surface area contributed by atoms with Crippen molar-refractivity contribution < 1.29 is 80.4 Å². The first-order valence-corrected chi connectivity index (χ1v) is 17.9. The number of nitrogen functional groups attached to an aromatic ring is 1. The molecule has 48 heavy (non-hydrogen) atoms. The Kier molecular flexibility index (Phi) is 10.6. The van der Waals surface area contributed by atoms with Gasteiger partial charge in [0.1, 0.15) is 42.4 Å². The van der Waals surface area contributed by atoms with Gasteiger partial charge in [0.25, 0.3) is 0 Å². The third-order valence-electron chi connectivity index (χ3n) is 7.02. The van der Waals surface area contributed by atoms with Crippen LogP contribution in [0, 0.1) is 0 Å². The molecule has 5 rings (SSSR count). The molecule has 2 unspecified atom stereocenters. The third kappa shape index (κ3) is 7.85. The van der Waals surface area contributed by atoms with E-state index >= 15 is 0 Å². The number of allylic oxidation sites excluding steroid dienone is 1. The number of primary amides is 1. The number of phosphoric ester groups is 3. The van der Waals surface area contributed by atoms with Crippen LogP contribution in [-0.2, 0) is 50.4 Å². The lowest BCUT2D eigenvalue weighted by atomic mass is 10.1. The van der Waals surface area contributed by atoms with Gasteiger partial charge in [-0.15, -0.1) is 0 Å². The number of nitrogens with zero attached hydrogens (tertiary/aromatic N) is 5. The number of aliphatic hydroxyl groups excluding tert-OH is 3. The lowest BCUT2D eigenvalue weighted by molar-refractivity contribution is -0.139. The number of hydrogen-bond acceptors (Lipinski definition) is 19. The number of hydrogen-bond donors (Lipinski definition) is 8. The van der Waals surface area contributed by atoms with Gasteiger partial charge in [-0.3, -0.25) is 27.5 Å². The van der Waals surface area contributed by atoms with E-state index in [0.29, 0.717) is 0 Å². The van der Waals surface area contributed by atoms with Gasteiger partial charge >= 0.3 is 23.5 Å². The second-order valence-corrected chi connectivity index (χ2v) is 14.7. The van der Waals surface area contributed by atoms with E-state index in [1.54, 1.807) is 0 Å². The third-order valence-corrected chi connectivity index (χ3v) is 10.6. The van der Waals surface area contributed by atoms with Gasteiger partial charge in [0.05, 0.1) is 12.9 Å². The normalized spacial score (nSPS) is 31.9. The number of anilines is 1. The Bertz CT molecular complexity index is 1740.